The van der Waals surface area contributed by atoms with E-state index in [9.17, 15) is 5.26 Å². The second-order valence-electron chi connectivity index (χ2n) is 15.9. The number of aromatic nitrogens is 5. The van der Waals surface area contributed by atoms with Gasteiger partial charge in [-0.3, -0.25) is 0 Å². The fourth-order valence-corrected chi connectivity index (χ4v) is 9.33. The predicted molar refractivity (Wildman–Crippen MR) is 260 cm³/mol. The summed E-state index contributed by atoms with van der Waals surface area (Å²) in [5.41, 5.74) is 13.5. The molecule has 12 aromatic rings. The lowest BCUT2D eigenvalue weighted by Crippen LogP contribution is -2.04. The first-order chi connectivity index (χ1) is 31.7. The molecule has 9 aromatic carbocycles. The molecular formula is C58H36N6. The van der Waals surface area contributed by atoms with Crippen molar-refractivity contribution in [1.82, 2.24) is 24.1 Å². The third-order valence-corrected chi connectivity index (χ3v) is 12.2. The smallest absolute Gasteiger partial charge is 0.166 e. The van der Waals surface area contributed by atoms with Gasteiger partial charge in [-0.2, -0.15) is 5.26 Å². The highest BCUT2D eigenvalue weighted by molar-refractivity contribution is 6.26. The Morgan fingerprint density at radius 3 is 1.62 bits per heavy atom. The molecule has 0 atom stereocenters. The van der Waals surface area contributed by atoms with E-state index in [0.29, 0.717) is 28.6 Å². The van der Waals surface area contributed by atoms with Crippen LogP contribution in [0.3, 0.4) is 0 Å². The molecule has 64 heavy (non-hydrogen) atoms. The molecule has 0 N–H and O–H groups in total. The first-order valence-corrected chi connectivity index (χ1v) is 21.3. The van der Waals surface area contributed by atoms with E-state index in [4.69, 9.17) is 15.0 Å². The monoisotopic (exact) mass is 816 g/mol. The molecule has 0 aliphatic rings. The number of hydrogen-bond acceptors (Lipinski definition) is 4. The van der Waals surface area contributed by atoms with E-state index in [-0.39, 0.29) is 0 Å². The molecule has 6 heteroatoms. The molecule has 0 aliphatic heterocycles. The lowest BCUT2D eigenvalue weighted by atomic mass is 9.99. The zero-order valence-electron chi connectivity index (χ0n) is 34.5. The second-order valence-corrected chi connectivity index (χ2v) is 15.9. The Morgan fingerprint density at radius 2 is 0.906 bits per heavy atom. The molecular weight excluding hydrogens is 781 g/mol. The van der Waals surface area contributed by atoms with Crippen molar-refractivity contribution in [1.29, 1.82) is 5.26 Å². The summed E-state index contributed by atoms with van der Waals surface area (Å²) in [5, 5.41) is 15.0. The highest BCUT2D eigenvalue weighted by Gasteiger charge is 2.24. The molecule has 0 fully saturated rings. The van der Waals surface area contributed by atoms with Gasteiger partial charge in [0.05, 0.1) is 39.4 Å². The topological polar surface area (TPSA) is 72.3 Å². The molecule has 0 unspecified atom stereocenters. The zero-order valence-corrected chi connectivity index (χ0v) is 34.5. The Kier molecular flexibility index (Phi) is 8.77. The van der Waals surface area contributed by atoms with Crippen molar-refractivity contribution >= 4 is 43.6 Å². The van der Waals surface area contributed by atoms with E-state index in [1.54, 1.807) is 0 Å². The largest absolute Gasteiger partial charge is 0.309 e. The van der Waals surface area contributed by atoms with Gasteiger partial charge >= 0.3 is 0 Å². The average Bonchev–Trinajstić information content (AvgIpc) is 3.90. The molecule has 12 rings (SSSR count). The van der Waals surface area contributed by atoms with Crippen molar-refractivity contribution in [2.75, 3.05) is 0 Å². The minimum Gasteiger partial charge on any atom is -0.309 e. The molecule has 6 nitrogen and oxygen atoms in total. The van der Waals surface area contributed by atoms with Crippen LogP contribution >= 0.6 is 0 Å². The fraction of sp³-hybridized carbons (Fsp3) is 0. The van der Waals surface area contributed by atoms with Crippen molar-refractivity contribution in [3.8, 4) is 73.9 Å². The van der Waals surface area contributed by atoms with Gasteiger partial charge in [-0.15, -0.1) is 0 Å². The second kappa shape index (κ2) is 15.2. The van der Waals surface area contributed by atoms with Crippen LogP contribution in [0.15, 0.2) is 218 Å². The van der Waals surface area contributed by atoms with Crippen molar-refractivity contribution < 1.29 is 0 Å². The van der Waals surface area contributed by atoms with E-state index >= 15 is 0 Å². The highest BCUT2D eigenvalue weighted by Crippen LogP contribution is 2.44. The number of nitriles is 1. The quantitative estimate of drug-likeness (QED) is 0.161. The lowest BCUT2D eigenvalue weighted by molar-refractivity contribution is 1.06. The Hall–Kier alpha value is -8.92. The van der Waals surface area contributed by atoms with Gasteiger partial charge in [0.2, 0.25) is 0 Å². The average molecular weight is 817 g/mol. The molecule has 3 heterocycles. The Morgan fingerprint density at radius 1 is 0.359 bits per heavy atom. The van der Waals surface area contributed by atoms with Crippen LogP contribution in [0.25, 0.3) is 111 Å². The van der Waals surface area contributed by atoms with Gasteiger partial charge in [-0.05, 0) is 70.8 Å². The van der Waals surface area contributed by atoms with E-state index in [1.807, 2.05) is 66.7 Å². The molecule has 0 bridgehead atoms. The Labute approximate surface area is 369 Å². The van der Waals surface area contributed by atoms with Crippen molar-refractivity contribution in [3.63, 3.8) is 0 Å². The maximum Gasteiger partial charge on any atom is 0.166 e. The first kappa shape index (κ1) is 36.9. The van der Waals surface area contributed by atoms with Gasteiger partial charge in [0, 0.05) is 43.9 Å². The summed E-state index contributed by atoms with van der Waals surface area (Å²) < 4.78 is 4.70. The van der Waals surface area contributed by atoms with Crippen LogP contribution in [0.2, 0.25) is 0 Å². The molecule has 0 spiro atoms. The molecule has 0 amide bonds. The SMILES string of the molecule is N#Cc1ccc(-n2c3ccccc3c3ccc4c(c5ccccc5n4-c4ccccc4)c32)c(-c2nc(-c3ccc(-c4ccccc4)cc3)nc(-c3ccccc3-c3ccccc3)n2)c1. The minimum atomic E-state index is 0.465. The minimum absolute atomic E-state index is 0.465. The lowest BCUT2D eigenvalue weighted by Gasteiger charge is -2.16. The van der Waals surface area contributed by atoms with Crippen LogP contribution in [-0.4, -0.2) is 24.1 Å². The van der Waals surface area contributed by atoms with E-state index in [0.717, 1.165) is 88.4 Å². The number of benzene rings is 9. The predicted octanol–water partition coefficient (Wildman–Crippen LogP) is 14.3. The molecule has 0 aliphatic carbocycles. The summed E-state index contributed by atoms with van der Waals surface area (Å²) in [7, 11) is 0. The maximum atomic E-state index is 10.5. The third kappa shape index (κ3) is 6.06. The normalized spacial score (nSPS) is 11.4. The standard InChI is InChI=1S/C58H36N6/c59-37-38-28-34-52(64-50-26-14-12-23-45(50)46-33-35-53-54(55(46)64)48-25-13-15-27-51(48)63(53)43-20-8-3-9-21-43)49(36-38)58-61-56(42-31-29-40(30-32-42)39-16-4-1-5-17-39)60-57(62-58)47-24-11-10-22-44(47)41-18-6-2-7-19-41/h1-36H. The van der Waals surface area contributed by atoms with Gasteiger partial charge in [0.15, 0.2) is 17.5 Å². The van der Waals surface area contributed by atoms with Gasteiger partial charge < -0.3 is 9.13 Å². The summed E-state index contributed by atoms with van der Waals surface area (Å²) in [6, 6.07) is 77.8. The van der Waals surface area contributed by atoms with E-state index < -0.39 is 0 Å². The molecule has 298 valence electrons. The number of hydrogen-bond donors (Lipinski definition) is 0. The van der Waals surface area contributed by atoms with Crippen molar-refractivity contribution in [2.45, 2.75) is 0 Å². The van der Waals surface area contributed by atoms with Crippen LogP contribution in [0.4, 0.5) is 0 Å². The highest BCUT2D eigenvalue weighted by atomic mass is 15.1. The summed E-state index contributed by atoms with van der Waals surface area (Å²) >= 11 is 0. The summed E-state index contributed by atoms with van der Waals surface area (Å²) in [4.78, 5) is 15.9. The van der Waals surface area contributed by atoms with E-state index in [2.05, 4.69) is 167 Å². The summed E-state index contributed by atoms with van der Waals surface area (Å²) in [6.07, 6.45) is 0. The number of rotatable bonds is 7. The van der Waals surface area contributed by atoms with Crippen LogP contribution in [0.1, 0.15) is 5.56 Å². The van der Waals surface area contributed by atoms with Gasteiger partial charge in [0.25, 0.3) is 0 Å². The molecule has 0 saturated heterocycles. The number of fused-ring (bicyclic) bond motifs is 7. The van der Waals surface area contributed by atoms with Crippen LogP contribution in [0, 0.1) is 11.3 Å². The third-order valence-electron chi connectivity index (χ3n) is 12.2. The van der Waals surface area contributed by atoms with Gasteiger partial charge in [-0.25, -0.2) is 15.0 Å². The first-order valence-electron chi connectivity index (χ1n) is 21.3. The number of para-hydroxylation sites is 3. The Bertz CT molecular complexity index is 3770. The van der Waals surface area contributed by atoms with Crippen LogP contribution in [-0.2, 0) is 0 Å². The van der Waals surface area contributed by atoms with E-state index in [1.165, 1.54) is 0 Å². The van der Waals surface area contributed by atoms with Crippen LogP contribution in [0.5, 0.6) is 0 Å². The molecule has 0 saturated carbocycles. The van der Waals surface area contributed by atoms with Gasteiger partial charge in [0.1, 0.15) is 0 Å². The molecule has 3 aromatic heterocycles. The van der Waals surface area contributed by atoms with Gasteiger partial charge in [-0.1, -0.05) is 170 Å². The summed E-state index contributed by atoms with van der Waals surface area (Å²) in [5.74, 6) is 1.54. The summed E-state index contributed by atoms with van der Waals surface area (Å²) in [6.45, 7) is 0. The van der Waals surface area contributed by atoms with Crippen molar-refractivity contribution in [2.24, 2.45) is 0 Å². The number of nitrogens with zero attached hydrogens (tertiary/aromatic N) is 6. The zero-order chi connectivity index (χ0) is 42.6. The Balaban J connectivity index is 1.16. The molecule has 0 radical (unpaired) electrons. The van der Waals surface area contributed by atoms with Crippen LogP contribution < -0.4 is 0 Å². The fourth-order valence-electron chi connectivity index (χ4n) is 9.33. The maximum absolute atomic E-state index is 10.5. The van der Waals surface area contributed by atoms with Crippen molar-refractivity contribution in [3.05, 3.63) is 224 Å².